The molecule has 1 saturated heterocycles. The summed E-state index contributed by atoms with van der Waals surface area (Å²) < 4.78 is 27.6. The predicted octanol–water partition coefficient (Wildman–Crippen LogP) is 2.75. The molecule has 1 amide bonds. The zero-order valence-corrected chi connectivity index (χ0v) is 10.9. The van der Waals surface area contributed by atoms with Crippen molar-refractivity contribution in [3.63, 3.8) is 0 Å². The Balaban J connectivity index is 2.35. The van der Waals surface area contributed by atoms with Crippen molar-refractivity contribution in [3.8, 4) is 0 Å². The largest absolute Gasteiger partial charge is 0.338 e. The van der Waals surface area contributed by atoms with Crippen LogP contribution in [0.3, 0.4) is 0 Å². The van der Waals surface area contributed by atoms with Crippen LogP contribution < -0.4 is 0 Å². The Labute approximate surface area is 114 Å². The van der Waals surface area contributed by atoms with Crippen molar-refractivity contribution in [2.24, 2.45) is 5.92 Å². The second kappa shape index (κ2) is 5.52. The summed E-state index contributed by atoms with van der Waals surface area (Å²) in [5, 5.41) is 10.6. The van der Waals surface area contributed by atoms with Gasteiger partial charge in [-0.2, -0.15) is 4.39 Å². The van der Waals surface area contributed by atoms with Gasteiger partial charge < -0.3 is 4.90 Å². The number of hydrogen-bond donors (Lipinski definition) is 0. The van der Waals surface area contributed by atoms with Crippen molar-refractivity contribution < 1.29 is 18.5 Å². The lowest BCUT2D eigenvalue weighted by Crippen LogP contribution is -2.30. The van der Waals surface area contributed by atoms with Crippen molar-refractivity contribution in [2.45, 2.75) is 19.8 Å². The van der Waals surface area contributed by atoms with Gasteiger partial charge in [-0.25, -0.2) is 4.39 Å². The van der Waals surface area contributed by atoms with Crippen molar-refractivity contribution >= 4 is 11.6 Å². The minimum Gasteiger partial charge on any atom is -0.338 e. The van der Waals surface area contributed by atoms with Gasteiger partial charge in [-0.3, -0.25) is 14.9 Å². The van der Waals surface area contributed by atoms with E-state index in [0.717, 1.165) is 25.0 Å². The van der Waals surface area contributed by atoms with Gasteiger partial charge in [0.05, 0.1) is 4.92 Å². The van der Waals surface area contributed by atoms with Gasteiger partial charge in [-0.15, -0.1) is 0 Å². The molecular weight excluding hydrogens is 270 g/mol. The number of likely N-dealkylation sites (tertiary alicyclic amines) is 1. The van der Waals surface area contributed by atoms with E-state index >= 15 is 0 Å². The maximum Gasteiger partial charge on any atom is 0.305 e. The standard InChI is InChI=1S/C13H14F2N2O3/c1-2-8-5-6-16(7-8)13(18)11-9(14)3-4-10(12(11)15)17(19)20/h3-4,8H,2,5-7H2,1H3. The van der Waals surface area contributed by atoms with Crippen LogP contribution in [0.2, 0.25) is 0 Å². The predicted molar refractivity (Wildman–Crippen MR) is 67.3 cm³/mol. The van der Waals surface area contributed by atoms with Crippen molar-refractivity contribution in [1.82, 2.24) is 4.90 Å². The third-order valence-corrected chi connectivity index (χ3v) is 3.63. The Kier molecular flexibility index (Phi) is 3.96. The van der Waals surface area contributed by atoms with Crippen LogP contribution in [-0.4, -0.2) is 28.8 Å². The molecule has 1 unspecified atom stereocenters. The number of benzene rings is 1. The third kappa shape index (κ3) is 2.48. The van der Waals surface area contributed by atoms with Crippen molar-refractivity contribution in [1.29, 1.82) is 0 Å². The number of hydrogen-bond acceptors (Lipinski definition) is 3. The van der Waals surface area contributed by atoms with E-state index < -0.39 is 33.7 Å². The molecule has 1 aliphatic heterocycles. The Hall–Kier alpha value is -2.05. The summed E-state index contributed by atoms with van der Waals surface area (Å²) in [4.78, 5) is 23.2. The van der Waals surface area contributed by atoms with Gasteiger partial charge in [0.25, 0.3) is 5.91 Å². The van der Waals surface area contributed by atoms with E-state index in [1.165, 1.54) is 4.90 Å². The van der Waals surface area contributed by atoms with Gasteiger partial charge in [0.1, 0.15) is 11.4 Å². The molecule has 1 fully saturated rings. The Morgan fingerprint density at radius 3 is 2.75 bits per heavy atom. The number of halogens is 2. The molecule has 0 bridgehead atoms. The normalized spacial score (nSPS) is 18.4. The van der Waals surface area contributed by atoms with Crippen LogP contribution in [0.15, 0.2) is 12.1 Å². The molecule has 0 spiro atoms. The summed E-state index contributed by atoms with van der Waals surface area (Å²) in [5.74, 6) is -2.98. The van der Waals surface area contributed by atoms with Crippen LogP contribution >= 0.6 is 0 Å². The summed E-state index contributed by atoms with van der Waals surface area (Å²) in [6.07, 6.45) is 1.66. The molecule has 20 heavy (non-hydrogen) atoms. The molecule has 0 N–H and O–H groups in total. The van der Waals surface area contributed by atoms with E-state index in [1.807, 2.05) is 6.92 Å². The highest BCUT2D eigenvalue weighted by Crippen LogP contribution is 2.27. The third-order valence-electron chi connectivity index (χ3n) is 3.63. The second-order valence-electron chi connectivity index (χ2n) is 4.83. The molecule has 108 valence electrons. The van der Waals surface area contributed by atoms with Gasteiger partial charge in [0.2, 0.25) is 5.82 Å². The summed E-state index contributed by atoms with van der Waals surface area (Å²) in [6, 6.07) is 1.47. The highest BCUT2D eigenvalue weighted by Gasteiger charge is 2.32. The first kappa shape index (κ1) is 14.4. The summed E-state index contributed by atoms with van der Waals surface area (Å²) in [6.45, 7) is 2.82. The molecule has 7 heteroatoms. The van der Waals surface area contributed by atoms with Gasteiger partial charge >= 0.3 is 5.69 Å². The number of amides is 1. The fourth-order valence-electron chi connectivity index (χ4n) is 2.39. The van der Waals surface area contributed by atoms with E-state index in [2.05, 4.69) is 0 Å². The summed E-state index contributed by atoms with van der Waals surface area (Å²) in [5.41, 5.74) is -1.73. The lowest BCUT2D eigenvalue weighted by Gasteiger charge is -2.17. The van der Waals surface area contributed by atoms with E-state index in [9.17, 15) is 23.7 Å². The Bertz CT molecular complexity index is 563. The monoisotopic (exact) mass is 284 g/mol. The number of nitro benzene ring substituents is 1. The van der Waals surface area contributed by atoms with Gasteiger partial charge in [-0.05, 0) is 18.4 Å². The van der Waals surface area contributed by atoms with Crippen LogP contribution in [0.1, 0.15) is 30.1 Å². The van der Waals surface area contributed by atoms with Crippen LogP contribution in [0.25, 0.3) is 0 Å². The van der Waals surface area contributed by atoms with Gasteiger partial charge in [-0.1, -0.05) is 13.3 Å². The number of carbonyl (C=O) groups is 1. The number of nitrogens with zero attached hydrogens (tertiary/aromatic N) is 2. The molecule has 1 aliphatic rings. The lowest BCUT2D eigenvalue weighted by molar-refractivity contribution is -0.387. The first-order valence-electron chi connectivity index (χ1n) is 6.37. The van der Waals surface area contributed by atoms with Crippen LogP contribution in [0.5, 0.6) is 0 Å². The first-order valence-corrected chi connectivity index (χ1v) is 6.37. The average molecular weight is 284 g/mol. The second-order valence-corrected chi connectivity index (χ2v) is 4.83. The fraction of sp³-hybridized carbons (Fsp3) is 0.462. The molecule has 1 atom stereocenters. The molecule has 0 radical (unpaired) electrons. The van der Waals surface area contributed by atoms with Gasteiger partial charge in [0, 0.05) is 19.2 Å². The van der Waals surface area contributed by atoms with Crippen molar-refractivity contribution in [3.05, 3.63) is 39.4 Å². The molecule has 0 aromatic heterocycles. The van der Waals surface area contributed by atoms with Crippen molar-refractivity contribution in [2.75, 3.05) is 13.1 Å². The minimum atomic E-state index is -1.40. The number of carbonyl (C=O) groups excluding carboxylic acids is 1. The van der Waals surface area contributed by atoms with E-state index in [0.29, 0.717) is 19.0 Å². The van der Waals surface area contributed by atoms with E-state index in [1.54, 1.807) is 0 Å². The maximum atomic E-state index is 13.9. The molecule has 0 aliphatic carbocycles. The molecule has 0 saturated carbocycles. The molecule has 1 aromatic rings. The van der Waals surface area contributed by atoms with Gasteiger partial charge in [0.15, 0.2) is 0 Å². The average Bonchev–Trinajstić information content (AvgIpc) is 2.86. The SMILES string of the molecule is CCC1CCN(C(=O)c2c(F)ccc([N+](=O)[O-])c2F)C1. The molecular formula is C13H14F2N2O3. The molecule has 1 aromatic carbocycles. The molecule has 2 rings (SSSR count). The highest BCUT2D eigenvalue weighted by molar-refractivity contribution is 5.95. The van der Waals surface area contributed by atoms with Crippen LogP contribution in [0, 0.1) is 27.7 Å². The fourth-order valence-corrected chi connectivity index (χ4v) is 2.39. The number of rotatable bonds is 3. The number of nitro groups is 1. The smallest absolute Gasteiger partial charge is 0.305 e. The highest BCUT2D eigenvalue weighted by atomic mass is 19.1. The topological polar surface area (TPSA) is 63.5 Å². The zero-order valence-electron chi connectivity index (χ0n) is 10.9. The van der Waals surface area contributed by atoms with E-state index in [4.69, 9.17) is 0 Å². The summed E-state index contributed by atoms with van der Waals surface area (Å²) >= 11 is 0. The maximum absolute atomic E-state index is 13.9. The minimum absolute atomic E-state index is 0.309. The summed E-state index contributed by atoms with van der Waals surface area (Å²) in [7, 11) is 0. The van der Waals surface area contributed by atoms with E-state index in [-0.39, 0.29) is 0 Å². The molecule has 1 heterocycles. The first-order chi connectivity index (χ1) is 9.45. The quantitative estimate of drug-likeness (QED) is 0.633. The zero-order chi connectivity index (χ0) is 14.9. The van der Waals surface area contributed by atoms with Crippen LogP contribution in [0.4, 0.5) is 14.5 Å². The van der Waals surface area contributed by atoms with Crippen LogP contribution in [-0.2, 0) is 0 Å². The Morgan fingerprint density at radius 1 is 1.50 bits per heavy atom. The lowest BCUT2D eigenvalue weighted by atomic mass is 10.1. The molecule has 5 nitrogen and oxygen atoms in total. The Morgan fingerprint density at radius 2 is 2.20 bits per heavy atom.